The third-order valence-corrected chi connectivity index (χ3v) is 3.56. The van der Waals surface area contributed by atoms with Crippen LogP contribution < -0.4 is 10.6 Å². The first kappa shape index (κ1) is 18.5. The van der Waals surface area contributed by atoms with Crippen molar-refractivity contribution >= 4 is 23.3 Å². The molecule has 0 saturated carbocycles. The minimum atomic E-state index is -0.248. The van der Waals surface area contributed by atoms with Crippen LogP contribution in [0, 0.1) is 6.92 Å². The van der Waals surface area contributed by atoms with Gasteiger partial charge in [0.1, 0.15) is 6.61 Å². The second-order valence-corrected chi connectivity index (χ2v) is 5.83. The smallest absolute Gasteiger partial charge is 0.321 e. The summed E-state index contributed by atoms with van der Waals surface area (Å²) in [6.45, 7) is 2.52. The number of urea groups is 1. The Balaban J connectivity index is 1.95. The van der Waals surface area contributed by atoms with Gasteiger partial charge in [-0.2, -0.15) is 0 Å². The zero-order valence-electron chi connectivity index (χ0n) is 14.7. The van der Waals surface area contributed by atoms with Crippen molar-refractivity contribution in [2.75, 3.05) is 31.4 Å². The van der Waals surface area contributed by atoms with Crippen molar-refractivity contribution in [2.24, 2.45) is 0 Å². The van der Waals surface area contributed by atoms with Gasteiger partial charge in [-0.3, -0.25) is 4.79 Å². The van der Waals surface area contributed by atoms with Crippen LogP contribution in [0.4, 0.5) is 16.2 Å². The maximum absolute atomic E-state index is 12.3. The molecule has 0 saturated heterocycles. The van der Waals surface area contributed by atoms with Crippen LogP contribution in [0.2, 0.25) is 0 Å². The van der Waals surface area contributed by atoms with Crippen LogP contribution in [0.25, 0.3) is 0 Å². The van der Waals surface area contributed by atoms with Crippen molar-refractivity contribution in [3.63, 3.8) is 0 Å². The molecule has 132 valence electrons. The molecule has 25 heavy (non-hydrogen) atoms. The molecule has 6 nitrogen and oxygen atoms in total. The van der Waals surface area contributed by atoms with Gasteiger partial charge in [0.05, 0.1) is 0 Å². The predicted octanol–water partition coefficient (Wildman–Crippen LogP) is 3.24. The first-order valence-corrected chi connectivity index (χ1v) is 7.94. The van der Waals surface area contributed by atoms with Gasteiger partial charge in [0.25, 0.3) is 0 Å². The normalized spacial score (nSPS) is 10.2. The zero-order chi connectivity index (χ0) is 18.2. The first-order chi connectivity index (χ1) is 12.0. The number of rotatable bonds is 6. The number of amides is 3. The fourth-order valence-electron chi connectivity index (χ4n) is 2.26. The molecule has 0 bridgehead atoms. The van der Waals surface area contributed by atoms with Gasteiger partial charge in [-0.25, -0.2) is 4.79 Å². The topological polar surface area (TPSA) is 70.7 Å². The monoisotopic (exact) mass is 341 g/mol. The highest BCUT2D eigenvalue weighted by atomic mass is 16.5. The number of nitrogens with one attached hydrogen (secondary N) is 2. The van der Waals surface area contributed by atoms with E-state index in [-0.39, 0.29) is 18.5 Å². The molecule has 0 unspecified atom stereocenters. The van der Waals surface area contributed by atoms with Crippen molar-refractivity contribution in [2.45, 2.75) is 13.5 Å². The van der Waals surface area contributed by atoms with Crippen molar-refractivity contribution in [3.05, 3.63) is 59.7 Å². The Morgan fingerprint density at radius 1 is 1.04 bits per heavy atom. The van der Waals surface area contributed by atoms with E-state index in [1.165, 1.54) is 12.7 Å². The molecular formula is C19H23N3O3. The molecule has 0 atom stereocenters. The van der Waals surface area contributed by atoms with Crippen LogP contribution in [-0.4, -0.2) is 37.6 Å². The Morgan fingerprint density at radius 3 is 2.32 bits per heavy atom. The Kier molecular flexibility index (Phi) is 6.54. The van der Waals surface area contributed by atoms with Crippen molar-refractivity contribution < 1.29 is 14.3 Å². The molecule has 2 rings (SSSR count). The van der Waals surface area contributed by atoms with Crippen LogP contribution in [0.3, 0.4) is 0 Å². The number of ether oxygens (including phenoxy) is 1. The van der Waals surface area contributed by atoms with Crippen LogP contribution in [0.1, 0.15) is 11.1 Å². The third-order valence-electron chi connectivity index (χ3n) is 3.56. The van der Waals surface area contributed by atoms with E-state index in [0.717, 1.165) is 5.56 Å². The van der Waals surface area contributed by atoms with Gasteiger partial charge >= 0.3 is 6.03 Å². The molecule has 3 amide bonds. The number of carbonyl (C=O) groups excluding carboxylic acids is 2. The van der Waals surface area contributed by atoms with E-state index in [9.17, 15) is 9.59 Å². The molecule has 0 spiro atoms. The fraction of sp³-hybridized carbons (Fsp3) is 0.263. The molecule has 2 aromatic rings. The number of nitrogens with zero attached hydrogens (tertiary/aromatic N) is 1. The zero-order valence-corrected chi connectivity index (χ0v) is 14.7. The van der Waals surface area contributed by atoms with Crippen molar-refractivity contribution in [1.29, 1.82) is 0 Å². The van der Waals surface area contributed by atoms with Gasteiger partial charge in [-0.05, 0) is 30.7 Å². The number of hydrogen-bond donors (Lipinski definition) is 2. The molecule has 6 heteroatoms. The van der Waals surface area contributed by atoms with E-state index in [1.807, 2.05) is 31.2 Å². The van der Waals surface area contributed by atoms with E-state index in [0.29, 0.717) is 17.9 Å². The Bertz CT molecular complexity index is 729. The lowest BCUT2D eigenvalue weighted by Gasteiger charge is -2.18. The quantitative estimate of drug-likeness (QED) is 0.847. The maximum Gasteiger partial charge on any atom is 0.321 e. The van der Waals surface area contributed by atoms with E-state index < -0.39 is 0 Å². The second-order valence-electron chi connectivity index (χ2n) is 5.83. The summed E-state index contributed by atoms with van der Waals surface area (Å²) in [4.78, 5) is 25.5. The first-order valence-electron chi connectivity index (χ1n) is 7.94. The highest BCUT2D eigenvalue weighted by Gasteiger charge is 2.10. The molecule has 0 radical (unpaired) electrons. The minimum absolute atomic E-state index is 0.0180. The van der Waals surface area contributed by atoms with Gasteiger partial charge in [-0.15, -0.1) is 0 Å². The second kappa shape index (κ2) is 8.84. The molecule has 0 aliphatic rings. The number of benzene rings is 2. The SMILES string of the molecule is COCC(=O)Nc1cccc(NC(=O)N(C)Cc2ccc(C)cc2)c1. The van der Waals surface area contributed by atoms with Crippen LogP contribution >= 0.6 is 0 Å². The van der Waals surface area contributed by atoms with Crippen LogP contribution in [0.15, 0.2) is 48.5 Å². The number of methoxy groups -OCH3 is 1. The summed E-state index contributed by atoms with van der Waals surface area (Å²) in [5.41, 5.74) is 3.45. The highest BCUT2D eigenvalue weighted by Crippen LogP contribution is 2.16. The van der Waals surface area contributed by atoms with E-state index >= 15 is 0 Å². The maximum atomic E-state index is 12.3. The molecule has 0 heterocycles. The highest BCUT2D eigenvalue weighted by molar-refractivity contribution is 5.94. The third kappa shape index (κ3) is 5.93. The molecule has 0 aliphatic carbocycles. The van der Waals surface area contributed by atoms with Gasteiger partial charge in [0.2, 0.25) is 5.91 Å². The standard InChI is InChI=1S/C19H23N3O3/c1-14-7-9-15(10-8-14)12-22(2)19(24)21-17-6-4-5-16(11-17)20-18(23)13-25-3/h4-11H,12-13H2,1-3H3,(H,20,23)(H,21,24). The molecule has 0 aromatic heterocycles. The Labute approximate surface area is 147 Å². The Hall–Kier alpha value is -2.86. The average Bonchev–Trinajstić information content (AvgIpc) is 2.57. The number of carbonyl (C=O) groups is 2. The van der Waals surface area contributed by atoms with Gasteiger partial charge in [-0.1, -0.05) is 35.9 Å². The number of hydrogen-bond acceptors (Lipinski definition) is 3. The summed E-state index contributed by atoms with van der Waals surface area (Å²) < 4.78 is 4.78. The van der Waals surface area contributed by atoms with E-state index in [2.05, 4.69) is 10.6 Å². The van der Waals surface area contributed by atoms with E-state index in [4.69, 9.17) is 4.74 Å². The van der Waals surface area contributed by atoms with Gasteiger partial charge in [0, 0.05) is 32.1 Å². The van der Waals surface area contributed by atoms with Crippen LogP contribution in [0.5, 0.6) is 0 Å². The molecular weight excluding hydrogens is 318 g/mol. The summed E-state index contributed by atoms with van der Waals surface area (Å²) in [6.07, 6.45) is 0. The summed E-state index contributed by atoms with van der Waals surface area (Å²) >= 11 is 0. The minimum Gasteiger partial charge on any atom is -0.375 e. The summed E-state index contributed by atoms with van der Waals surface area (Å²) in [7, 11) is 3.19. The lowest BCUT2D eigenvalue weighted by molar-refractivity contribution is -0.119. The van der Waals surface area contributed by atoms with Crippen molar-refractivity contribution in [1.82, 2.24) is 4.90 Å². The molecule has 0 fully saturated rings. The molecule has 0 aliphatic heterocycles. The molecule has 2 N–H and O–H groups in total. The average molecular weight is 341 g/mol. The van der Waals surface area contributed by atoms with Gasteiger partial charge in [0.15, 0.2) is 0 Å². The van der Waals surface area contributed by atoms with E-state index in [1.54, 1.807) is 36.2 Å². The van der Waals surface area contributed by atoms with Gasteiger partial charge < -0.3 is 20.3 Å². The van der Waals surface area contributed by atoms with Crippen molar-refractivity contribution in [3.8, 4) is 0 Å². The fourth-order valence-corrected chi connectivity index (χ4v) is 2.26. The largest absolute Gasteiger partial charge is 0.375 e. The summed E-state index contributed by atoms with van der Waals surface area (Å²) in [5.74, 6) is -0.248. The lowest BCUT2D eigenvalue weighted by Crippen LogP contribution is -2.30. The summed E-state index contributed by atoms with van der Waals surface area (Å²) in [5, 5.41) is 5.53. The summed E-state index contributed by atoms with van der Waals surface area (Å²) in [6, 6.07) is 14.8. The number of aryl methyl sites for hydroxylation is 1. The predicted molar refractivity (Wildman–Crippen MR) is 98.6 cm³/mol. The molecule has 2 aromatic carbocycles. The number of anilines is 2. The van der Waals surface area contributed by atoms with Crippen LogP contribution in [-0.2, 0) is 16.1 Å². The lowest BCUT2D eigenvalue weighted by atomic mass is 10.1. The Morgan fingerprint density at radius 2 is 1.68 bits per heavy atom.